The van der Waals surface area contributed by atoms with E-state index < -0.39 is 0 Å². The van der Waals surface area contributed by atoms with E-state index in [0.717, 1.165) is 50.9 Å². The second-order valence-electron chi connectivity index (χ2n) is 8.56. The van der Waals surface area contributed by atoms with Gasteiger partial charge < -0.3 is 9.80 Å². The van der Waals surface area contributed by atoms with E-state index >= 15 is 0 Å². The lowest BCUT2D eigenvalue weighted by atomic mass is 10.1. The maximum atomic E-state index is 13.1. The van der Waals surface area contributed by atoms with Crippen molar-refractivity contribution in [2.45, 2.75) is 32.2 Å². The Morgan fingerprint density at radius 1 is 0.906 bits per heavy atom. The first-order valence-electron chi connectivity index (χ1n) is 11.3. The molecule has 2 aromatic carbocycles. The average Bonchev–Trinajstić information content (AvgIpc) is 3.06. The molecule has 0 aromatic heterocycles. The molecule has 170 valence electrons. The van der Waals surface area contributed by atoms with Crippen molar-refractivity contribution in [2.75, 3.05) is 44.2 Å². The lowest BCUT2D eigenvalue weighted by Crippen LogP contribution is -2.35. The normalized spacial score (nSPS) is 17.8. The molecule has 2 aliphatic rings. The van der Waals surface area contributed by atoms with E-state index in [9.17, 15) is 19.3 Å². The van der Waals surface area contributed by atoms with Crippen molar-refractivity contribution >= 4 is 17.3 Å². The molecule has 8 heteroatoms. The molecule has 7 nitrogen and oxygen atoms in total. The summed E-state index contributed by atoms with van der Waals surface area (Å²) in [4.78, 5) is 30.6. The number of rotatable bonds is 5. The molecule has 2 fully saturated rings. The number of carbonyl (C=O) groups excluding carboxylic acids is 1. The van der Waals surface area contributed by atoms with Crippen molar-refractivity contribution in [3.8, 4) is 0 Å². The monoisotopic (exact) mass is 440 g/mol. The van der Waals surface area contributed by atoms with Gasteiger partial charge in [-0.1, -0.05) is 12.1 Å². The molecule has 0 N–H and O–H groups in total. The number of hydrogen-bond acceptors (Lipinski definition) is 5. The molecular formula is C24H29FN4O3. The average molecular weight is 441 g/mol. The highest BCUT2D eigenvalue weighted by Crippen LogP contribution is 2.31. The molecule has 0 spiro atoms. The van der Waals surface area contributed by atoms with Crippen LogP contribution in [0, 0.1) is 15.9 Å². The highest BCUT2D eigenvalue weighted by atomic mass is 19.1. The standard InChI is InChI=1S/C24H29FN4O3/c25-21-8-5-19(6-9-21)18-26-11-4-14-28(16-15-26)24(30)20-7-10-22(23(17-20)29(31)32)27-12-2-1-3-13-27/h5-10,17H,1-4,11-16,18H2. The first-order valence-corrected chi connectivity index (χ1v) is 11.3. The summed E-state index contributed by atoms with van der Waals surface area (Å²) in [6, 6.07) is 11.4. The van der Waals surface area contributed by atoms with Gasteiger partial charge in [0.1, 0.15) is 11.5 Å². The Morgan fingerprint density at radius 2 is 1.66 bits per heavy atom. The summed E-state index contributed by atoms with van der Waals surface area (Å²) in [5.74, 6) is -0.413. The number of nitro groups is 1. The van der Waals surface area contributed by atoms with Gasteiger partial charge in [-0.15, -0.1) is 0 Å². The van der Waals surface area contributed by atoms with Gasteiger partial charge in [-0.3, -0.25) is 19.8 Å². The Bertz CT molecular complexity index is 960. The van der Waals surface area contributed by atoms with Crippen LogP contribution in [0.25, 0.3) is 0 Å². The molecule has 32 heavy (non-hydrogen) atoms. The molecule has 0 unspecified atom stereocenters. The molecule has 2 aliphatic heterocycles. The van der Waals surface area contributed by atoms with Gasteiger partial charge in [0.15, 0.2) is 0 Å². The summed E-state index contributed by atoms with van der Waals surface area (Å²) in [5.41, 5.74) is 2.01. The molecule has 2 saturated heterocycles. The van der Waals surface area contributed by atoms with Gasteiger partial charge >= 0.3 is 0 Å². The van der Waals surface area contributed by atoms with E-state index in [1.165, 1.54) is 18.2 Å². The van der Waals surface area contributed by atoms with E-state index in [2.05, 4.69) is 9.80 Å². The minimum Gasteiger partial charge on any atom is -0.366 e. The largest absolute Gasteiger partial charge is 0.366 e. The minimum atomic E-state index is -0.381. The van der Waals surface area contributed by atoms with Crippen molar-refractivity contribution < 1.29 is 14.1 Å². The maximum absolute atomic E-state index is 13.1. The molecule has 2 aromatic rings. The predicted molar refractivity (Wildman–Crippen MR) is 121 cm³/mol. The summed E-state index contributed by atoms with van der Waals surface area (Å²) < 4.78 is 13.1. The van der Waals surface area contributed by atoms with Crippen LogP contribution in [0.3, 0.4) is 0 Å². The number of nitrogens with zero attached hydrogens (tertiary/aromatic N) is 4. The first-order chi connectivity index (χ1) is 15.5. The van der Waals surface area contributed by atoms with E-state index in [-0.39, 0.29) is 22.3 Å². The summed E-state index contributed by atoms with van der Waals surface area (Å²) in [5, 5.41) is 11.7. The number of amides is 1. The van der Waals surface area contributed by atoms with Gasteiger partial charge in [0, 0.05) is 57.4 Å². The third kappa shape index (κ3) is 5.24. The Hall–Kier alpha value is -3.00. The molecular weight excluding hydrogens is 411 g/mol. The second-order valence-corrected chi connectivity index (χ2v) is 8.56. The number of benzene rings is 2. The van der Waals surface area contributed by atoms with Crippen LogP contribution in [0.2, 0.25) is 0 Å². The Morgan fingerprint density at radius 3 is 2.38 bits per heavy atom. The lowest BCUT2D eigenvalue weighted by Gasteiger charge is -2.28. The quantitative estimate of drug-likeness (QED) is 0.518. The van der Waals surface area contributed by atoms with Gasteiger partial charge in [-0.05, 0) is 55.5 Å². The van der Waals surface area contributed by atoms with Crippen LogP contribution in [0.15, 0.2) is 42.5 Å². The third-order valence-corrected chi connectivity index (χ3v) is 6.31. The fraction of sp³-hybridized carbons (Fsp3) is 0.458. The van der Waals surface area contributed by atoms with Crippen LogP contribution in [0.4, 0.5) is 15.8 Å². The molecule has 0 radical (unpaired) electrons. The molecule has 2 heterocycles. The Kier molecular flexibility index (Phi) is 6.99. The van der Waals surface area contributed by atoms with Crippen molar-refractivity contribution in [1.29, 1.82) is 0 Å². The topological polar surface area (TPSA) is 69.9 Å². The van der Waals surface area contributed by atoms with Gasteiger partial charge in [-0.25, -0.2) is 4.39 Å². The predicted octanol–water partition coefficient (Wildman–Crippen LogP) is 4.07. The van der Waals surface area contributed by atoms with Gasteiger partial charge in [0.25, 0.3) is 11.6 Å². The lowest BCUT2D eigenvalue weighted by molar-refractivity contribution is -0.384. The first kappa shape index (κ1) is 22.2. The SMILES string of the molecule is O=C(c1ccc(N2CCCCC2)c([N+](=O)[O-])c1)N1CCCN(Cc2ccc(F)cc2)CC1. The smallest absolute Gasteiger partial charge is 0.293 e. The number of nitro benzene ring substituents is 1. The molecule has 0 aliphatic carbocycles. The number of anilines is 1. The summed E-state index contributed by atoms with van der Waals surface area (Å²) >= 11 is 0. The Labute approximate surface area is 187 Å². The zero-order valence-corrected chi connectivity index (χ0v) is 18.2. The van der Waals surface area contributed by atoms with Crippen molar-refractivity contribution in [3.05, 3.63) is 69.5 Å². The molecule has 0 bridgehead atoms. The Balaban J connectivity index is 1.43. The number of halogens is 1. The molecule has 4 rings (SSSR count). The fourth-order valence-corrected chi connectivity index (χ4v) is 4.57. The number of carbonyl (C=O) groups is 1. The second kappa shape index (κ2) is 10.1. The molecule has 0 atom stereocenters. The van der Waals surface area contributed by atoms with Crippen LogP contribution in [0.1, 0.15) is 41.6 Å². The zero-order chi connectivity index (χ0) is 22.5. The number of piperidine rings is 1. The fourth-order valence-electron chi connectivity index (χ4n) is 4.57. The van der Waals surface area contributed by atoms with E-state index in [4.69, 9.17) is 0 Å². The summed E-state index contributed by atoms with van der Waals surface area (Å²) in [6.07, 6.45) is 4.02. The van der Waals surface area contributed by atoms with Gasteiger partial charge in [0.2, 0.25) is 0 Å². The number of hydrogen-bond donors (Lipinski definition) is 0. The van der Waals surface area contributed by atoms with Crippen molar-refractivity contribution in [3.63, 3.8) is 0 Å². The van der Waals surface area contributed by atoms with E-state index in [1.54, 1.807) is 29.2 Å². The molecule has 0 saturated carbocycles. The highest BCUT2D eigenvalue weighted by molar-refractivity contribution is 5.95. The summed E-state index contributed by atoms with van der Waals surface area (Å²) in [6.45, 7) is 5.04. The van der Waals surface area contributed by atoms with E-state index in [0.29, 0.717) is 37.4 Å². The highest BCUT2D eigenvalue weighted by Gasteiger charge is 2.26. The van der Waals surface area contributed by atoms with Crippen LogP contribution in [-0.4, -0.2) is 59.9 Å². The molecule has 1 amide bonds. The van der Waals surface area contributed by atoms with Crippen LogP contribution in [0.5, 0.6) is 0 Å². The van der Waals surface area contributed by atoms with Gasteiger partial charge in [-0.2, -0.15) is 0 Å². The van der Waals surface area contributed by atoms with Crippen LogP contribution in [-0.2, 0) is 6.54 Å². The van der Waals surface area contributed by atoms with Crippen molar-refractivity contribution in [2.24, 2.45) is 0 Å². The third-order valence-electron chi connectivity index (χ3n) is 6.31. The summed E-state index contributed by atoms with van der Waals surface area (Å²) in [7, 11) is 0. The van der Waals surface area contributed by atoms with Crippen LogP contribution >= 0.6 is 0 Å². The zero-order valence-electron chi connectivity index (χ0n) is 18.2. The van der Waals surface area contributed by atoms with Crippen LogP contribution < -0.4 is 4.90 Å². The maximum Gasteiger partial charge on any atom is 0.293 e. The minimum absolute atomic E-state index is 0.00510. The van der Waals surface area contributed by atoms with E-state index in [1.807, 2.05) is 0 Å². The van der Waals surface area contributed by atoms with Gasteiger partial charge in [0.05, 0.1) is 4.92 Å². The van der Waals surface area contributed by atoms with Crippen molar-refractivity contribution in [1.82, 2.24) is 9.80 Å².